The molecule has 0 spiro atoms. The van der Waals surface area contributed by atoms with Gasteiger partial charge in [0.05, 0.1) is 22.7 Å². The molecule has 3 aromatic rings. The van der Waals surface area contributed by atoms with E-state index in [0.29, 0.717) is 16.5 Å². The number of aromatic carboxylic acids is 1. The molecule has 132 valence electrons. The second-order valence-electron chi connectivity index (χ2n) is 6.10. The van der Waals surface area contributed by atoms with Crippen molar-refractivity contribution in [3.8, 4) is 5.95 Å². The molecule has 3 heterocycles. The normalized spacial score (nSPS) is 14.1. The van der Waals surface area contributed by atoms with E-state index in [0.717, 1.165) is 25.9 Å². The molecule has 1 saturated heterocycles. The van der Waals surface area contributed by atoms with Crippen molar-refractivity contribution < 1.29 is 14.7 Å². The average Bonchev–Trinajstić information content (AvgIpc) is 3.32. The Kier molecular flexibility index (Phi) is 3.76. The van der Waals surface area contributed by atoms with Gasteiger partial charge in [-0.15, -0.1) is 0 Å². The molecule has 0 aliphatic carbocycles. The topological polar surface area (TPSA) is 121 Å². The molecule has 2 N–H and O–H groups in total. The Balaban J connectivity index is 1.73. The van der Waals surface area contributed by atoms with Gasteiger partial charge < -0.3 is 10.0 Å². The van der Waals surface area contributed by atoms with Crippen LogP contribution in [0.15, 0.2) is 35.4 Å². The van der Waals surface area contributed by atoms with Crippen LogP contribution in [0.2, 0.25) is 0 Å². The van der Waals surface area contributed by atoms with Gasteiger partial charge in [-0.2, -0.15) is 5.10 Å². The Hall–Kier alpha value is -3.49. The highest BCUT2D eigenvalue weighted by Gasteiger charge is 2.20. The number of carbonyl (C=O) groups excluding carboxylic acids is 1. The summed E-state index contributed by atoms with van der Waals surface area (Å²) in [5.41, 5.74) is 0.411. The lowest BCUT2D eigenvalue weighted by atomic mass is 10.1. The van der Waals surface area contributed by atoms with Gasteiger partial charge >= 0.3 is 5.97 Å². The quantitative estimate of drug-likeness (QED) is 0.726. The molecule has 26 heavy (non-hydrogen) atoms. The summed E-state index contributed by atoms with van der Waals surface area (Å²) in [7, 11) is 0. The average molecular weight is 353 g/mol. The van der Waals surface area contributed by atoms with E-state index in [9.17, 15) is 14.4 Å². The van der Waals surface area contributed by atoms with E-state index >= 15 is 0 Å². The van der Waals surface area contributed by atoms with Gasteiger partial charge in [0.15, 0.2) is 0 Å². The Labute approximate surface area is 146 Å². The fraction of sp³-hybridized carbons (Fsp3) is 0.235. The van der Waals surface area contributed by atoms with Crippen molar-refractivity contribution in [3.63, 3.8) is 0 Å². The van der Waals surface area contributed by atoms with E-state index in [1.54, 1.807) is 17.0 Å². The monoisotopic (exact) mass is 353 g/mol. The minimum absolute atomic E-state index is 0.0145. The van der Waals surface area contributed by atoms with Crippen LogP contribution in [0, 0.1) is 0 Å². The lowest BCUT2D eigenvalue weighted by molar-refractivity contribution is 0.0696. The second kappa shape index (κ2) is 6.10. The first kappa shape index (κ1) is 16.0. The number of likely N-dealkylation sites (tertiary alicyclic amines) is 1. The minimum atomic E-state index is -1.12. The number of aromatic amines is 1. The maximum atomic E-state index is 12.5. The molecule has 0 bridgehead atoms. The first-order chi connectivity index (χ1) is 12.5. The van der Waals surface area contributed by atoms with Crippen LogP contribution in [-0.2, 0) is 0 Å². The summed E-state index contributed by atoms with van der Waals surface area (Å²) in [5.74, 6) is -1.11. The van der Waals surface area contributed by atoms with Crippen LogP contribution in [0.1, 0.15) is 33.6 Å². The number of aromatic nitrogens is 4. The van der Waals surface area contributed by atoms with Gasteiger partial charge in [0.25, 0.3) is 11.5 Å². The number of hydrogen-bond acceptors (Lipinski definition) is 5. The molecule has 0 atom stereocenters. The summed E-state index contributed by atoms with van der Waals surface area (Å²) in [5, 5.41) is 13.2. The van der Waals surface area contributed by atoms with Crippen molar-refractivity contribution in [1.82, 2.24) is 24.6 Å². The van der Waals surface area contributed by atoms with Gasteiger partial charge in [-0.05, 0) is 31.0 Å². The highest BCUT2D eigenvalue weighted by Crippen LogP contribution is 2.16. The van der Waals surface area contributed by atoms with Crippen molar-refractivity contribution in [2.75, 3.05) is 13.1 Å². The standard InChI is InChI=1S/C17H15N5O4/c23-14-12-7-10(15(24)21-5-1-2-6-21)3-4-13(12)19-17(20-14)22-9-11(8-18-22)16(25)26/h3-4,7-9H,1-2,5-6H2,(H,25,26)(H,19,20,23). The molecule has 0 radical (unpaired) electrons. The van der Waals surface area contributed by atoms with E-state index in [2.05, 4.69) is 15.1 Å². The van der Waals surface area contributed by atoms with Crippen LogP contribution >= 0.6 is 0 Å². The lowest BCUT2D eigenvalue weighted by Gasteiger charge is -2.15. The number of fused-ring (bicyclic) bond motifs is 1. The van der Waals surface area contributed by atoms with Crippen LogP contribution in [-0.4, -0.2) is 54.7 Å². The van der Waals surface area contributed by atoms with Crippen molar-refractivity contribution in [3.05, 3.63) is 52.1 Å². The number of nitrogens with one attached hydrogen (secondary N) is 1. The van der Waals surface area contributed by atoms with Crippen molar-refractivity contribution >= 4 is 22.8 Å². The number of nitrogens with zero attached hydrogens (tertiary/aromatic N) is 4. The number of carboxylic acids is 1. The number of rotatable bonds is 3. The Morgan fingerprint density at radius 2 is 1.92 bits per heavy atom. The summed E-state index contributed by atoms with van der Waals surface area (Å²) < 4.78 is 1.19. The number of carbonyl (C=O) groups is 2. The van der Waals surface area contributed by atoms with Crippen LogP contribution in [0.25, 0.3) is 16.9 Å². The van der Waals surface area contributed by atoms with Crippen LogP contribution in [0.3, 0.4) is 0 Å². The van der Waals surface area contributed by atoms with E-state index in [1.807, 2.05) is 0 Å². The number of amides is 1. The molecule has 0 unspecified atom stereocenters. The molecule has 1 aromatic carbocycles. The predicted molar refractivity (Wildman–Crippen MR) is 91.6 cm³/mol. The van der Waals surface area contributed by atoms with E-state index in [-0.39, 0.29) is 17.4 Å². The zero-order chi connectivity index (χ0) is 18.3. The summed E-state index contributed by atoms with van der Waals surface area (Å²) in [6.07, 6.45) is 4.42. The molecule has 1 aliphatic rings. The van der Waals surface area contributed by atoms with Crippen LogP contribution < -0.4 is 5.56 Å². The van der Waals surface area contributed by atoms with Gasteiger partial charge in [-0.25, -0.2) is 14.5 Å². The third-order valence-electron chi connectivity index (χ3n) is 4.38. The molecule has 1 aliphatic heterocycles. The molecule has 9 nitrogen and oxygen atoms in total. The number of benzene rings is 1. The van der Waals surface area contributed by atoms with Gasteiger partial charge in [-0.1, -0.05) is 0 Å². The highest BCUT2D eigenvalue weighted by atomic mass is 16.4. The fourth-order valence-electron chi connectivity index (χ4n) is 3.02. The first-order valence-corrected chi connectivity index (χ1v) is 8.14. The van der Waals surface area contributed by atoms with Crippen LogP contribution in [0.5, 0.6) is 0 Å². The van der Waals surface area contributed by atoms with E-state index < -0.39 is 11.5 Å². The second-order valence-corrected chi connectivity index (χ2v) is 6.10. The van der Waals surface area contributed by atoms with Gasteiger partial charge in [-0.3, -0.25) is 14.6 Å². The fourth-order valence-corrected chi connectivity index (χ4v) is 3.02. The molecular formula is C17H15N5O4. The minimum Gasteiger partial charge on any atom is -0.478 e. The maximum Gasteiger partial charge on any atom is 0.338 e. The summed E-state index contributed by atoms with van der Waals surface area (Å²) in [6, 6.07) is 4.79. The number of H-pyrrole nitrogens is 1. The van der Waals surface area contributed by atoms with Crippen molar-refractivity contribution in [2.45, 2.75) is 12.8 Å². The maximum absolute atomic E-state index is 12.5. The summed E-state index contributed by atoms with van der Waals surface area (Å²) >= 11 is 0. The number of hydrogen-bond donors (Lipinski definition) is 2. The largest absolute Gasteiger partial charge is 0.478 e. The molecule has 2 aromatic heterocycles. The Morgan fingerprint density at radius 3 is 2.62 bits per heavy atom. The number of carboxylic acid groups (broad SMARTS) is 1. The summed E-state index contributed by atoms with van der Waals surface area (Å²) in [6.45, 7) is 1.46. The molecule has 1 amide bonds. The van der Waals surface area contributed by atoms with Gasteiger partial charge in [0.2, 0.25) is 5.95 Å². The Morgan fingerprint density at radius 1 is 1.15 bits per heavy atom. The van der Waals surface area contributed by atoms with E-state index in [1.165, 1.54) is 23.1 Å². The summed E-state index contributed by atoms with van der Waals surface area (Å²) in [4.78, 5) is 44.5. The first-order valence-electron chi connectivity index (χ1n) is 8.14. The van der Waals surface area contributed by atoms with Gasteiger partial charge in [0.1, 0.15) is 0 Å². The third kappa shape index (κ3) is 2.73. The lowest BCUT2D eigenvalue weighted by Crippen LogP contribution is -2.27. The smallest absolute Gasteiger partial charge is 0.338 e. The molecule has 9 heteroatoms. The molecule has 0 saturated carbocycles. The van der Waals surface area contributed by atoms with E-state index in [4.69, 9.17) is 5.11 Å². The van der Waals surface area contributed by atoms with Crippen molar-refractivity contribution in [1.29, 1.82) is 0 Å². The molecule has 1 fully saturated rings. The molecular weight excluding hydrogens is 338 g/mol. The zero-order valence-electron chi connectivity index (χ0n) is 13.7. The zero-order valence-corrected chi connectivity index (χ0v) is 13.7. The predicted octanol–water partition coefficient (Wildman–Crippen LogP) is 1.04. The van der Waals surface area contributed by atoms with Crippen LogP contribution in [0.4, 0.5) is 0 Å². The van der Waals surface area contributed by atoms with Gasteiger partial charge in [0, 0.05) is 24.8 Å². The SMILES string of the molecule is O=C(O)c1cnn(-c2nc3ccc(C(=O)N4CCCC4)cc3c(=O)[nH]2)c1. The third-order valence-corrected chi connectivity index (χ3v) is 4.38. The molecule has 4 rings (SSSR count). The van der Waals surface area contributed by atoms with Crippen molar-refractivity contribution in [2.24, 2.45) is 0 Å². The highest BCUT2D eigenvalue weighted by molar-refractivity contribution is 5.98. The Bertz CT molecular complexity index is 1080.